The molecule has 5 atom stereocenters. The summed E-state index contributed by atoms with van der Waals surface area (Å²) in [5.41, 5.74) is 0. The van der Waals surface area contributed by atoms with Crippen LogP contribution in [0.3, 0.4) is 0 Å². The summed E-state index contributed by atoms with van der Waals surface area (Å²) in [6, 6.07) is 0. The Morgan fingerprint density at radius 3 is 0.851 bits per heavy atom. The van der Waals surface area contributed by atoms with Gasteiger partial charge in [0.1, 0.15) is 19.3 Å². The fourth-order valence-corrected chi connectivity index (χ4v) is 12.3. The number of phosphoric ester groups is 2. The molecule has 0 aliphatic rings. The standard InChI is InChI=1S/C75H140O17P2/c1-5-9-13-17-21-25-29-32-34-37-41-44-48-52-56-60-73(78)86-66-71(92-75(80)62-58-54-50-46-42-38-35-33-30-26-22-18-14-10-6-2)68-90-94(83,84)88-64-69(76)63-87-93(81,82)89-67-70(91-74(79)61-57-53-49-45-39-28-24-20-16-12-8-4)65-85-72(77)59-55-51-47-43-40-36-31-27-23-19-15-11-7-3/h20-21,24-25,32,34,69-71,76H,5-19,22-23,26-31,33,35-68H2,1-4H3,(H,81,82)(H,83,84)/b24-20-,25-21-,34-32-. The van der Waals surface area contributed by atoms with E-state index >= 15 is 0 Å². The van der Waals surface area contributed by atoms with E-state index in [0.717, 1.165) is 128 Å². The van der Waals surface area contributed by atoms with Gasteiger partial charge in [-0.15, -0.1) is 0 Å². The Balaban J connectivity index is 5.29. The Bertz CT molecular complexity index is 1930. The van der Waals surface area contributed by atoms with Crippen LogP contribution < -0.4 is 0 Å². The van der Waals surface area contributed by atoms with Crippen molar-refractivity contribution in [3.8, 4) is 0 Å². The number of hydrogen-bond acceptors (Lipinski definition) is 15. The predicted molar refractivity (Wildman–Crippen MR) is 381 cm³/mol. The fraction of sp³-hybridized carbons (Fsp3) is 0.867. The van der Waals surface area contributed by atoms with Crippen LogP contribution in [0.4, 0.5) is 0 Å². The first-order valence-corrected chi connectivity index (χ1v) is 41.2. The van der Waals surface area contributed by atoms with Gasteiger partial charge in [-0.1, -0.05) is 295 Å². The molecule has 19 heteroatoms. The molecule has 94 heavy (non-hydrogen) atoms. The third kappa shape index (κ3) is 67.8. The number of carbonyl (C=O) groups excluding carboxylic acids is 4. The van der Waals surface area contributed by atoms with Gasteiger partial charge in [0.15, 0.2) is 12.2 Å². The quantitative estimate of drug-likeness (QED) is 0.0169. The van der Waals surface area contributed by atoms with Gasteiger partial charge in [0.05, 0.1) is 26.4 Å². The van der Waals surface area contributed by atoms with Crippen molar-refractivity contribution in [2.45, 2.75) is 380 Å². The van der Waals surface area contributed by atoms with E-state index in [0.29, 0.717) is 25.7 Å². The number of carbonyl (C=O) groups is 4. The zero-order valence-corrected chi connectivity index (χ0v) is 61.9. The van der Waals surface area contributed by atoms with E-state index in [-0.39, 0.29) is 25.7 Å². The van der Waals surface area contributed by atoms with Gasteiger partial charge in [0.25, 0.3) is 0 Å². The van der Waals surface area contributed by atoms with Crippen molar-refractivity contribution in [2.75, 3.05) is 39.6 Å². The summed E-state index contributed by atoms with van der Waals surface area (Å²) in [4.78, 5) is 72.7. The number of phosphoric acid groups is 2. The SMILES string of the molecule is CCCC/C=C\CCCCCCCC(=O)OC(COC(=O)CCCCCCCCCCCCCCC)COP(=O)(O)OCC(O)COP(=O)(O)OCC(COC(=O)CCCCCCC/C=C\C/C=C\CCCCC)OC(=O)CCCCCCCCCCCCCCCCC. The van der Waals surface area contributed by atoms with Crippen LogP contribution in [0.25, 0.3) is 0 Å². The van der Waals surface area contributed by atoms with Crippen molar-refractivity contribution < 1.29 is 80.2 Å². The Morgan fingerprint density at radius 1 is 0.298 bits per heavy atom. The highest BCUT2D eigenvalue weighted by atomic mass is 31.2. The molecule has 552 valence electrons. The summed E-state index contributed by atoms with van der Waals surface area (Å²) in [6.45, 7) is 4.86. The molecule has 3 N–H and O–H groups in total. The molecular weight excluding hydrogens is 1230 g/mol. The van der Waals surface area contributed by atoms with E-state index in [1.54, 1.807) is 0 Å². The fourth-order valence-electron chi connectivity index (χ4n) is 10.7. The molecule has 0 aliphatic heterocycles. The average molecular weight is 1380 g/mol. The summed E-state index contributed by atoms with van der Waals surface area (Å²) in [7, 11) is -9.92. The number of esters is 4. The Labute approximate surface area is 573 Å². The van der Waals surface area contributed by atoms with E-state index in [4.69, 9.17) is 37.0 Å². The molecule has 0 bridgehead atoms. The van der Waals surface area contributed by atoms with Crippen LogP contribution in [-0.2, 0) is 65.4 Å². The molecule has 17 nitrogen and oxygen atoms in total. The van der Waals surface area contributed by atoms with Gasteiger partial charge in [-0.25, -0.2) is 9.13 Å². The lowest BCUT2D eigenvalue weighted by atomic mass is 10.0. The highest BCUT2D eigenvalue weighted by Gasteiger charge is 2.30. The van der Waals surface area contributed by atoms with E-state index in [1.165, 1.54) is 154 Å². The number of ether oxygens (including phenoxy) is 4. The third-order valence-electron chi connectivity index (χ3n) is 16.6. The second kappa shape index (κ2) is 68.8. The van der Waals surface area contributed by atoms with Crippen LogP contribution in [0.15, 0.2) is 36.5 Å². The Hall–Kier alpha value is -2.72. The van der Waals surface area contributed by atoms with Crippen LogP contribution in [0.5, 0.6) is 0 Å². The lowest BCUT2D eigenvalue weighted by Crippen LogP contribution is -2.30. The van der Waals surface area contributed by atoms with Gasteiger partial charge in [-0.3, -0.25) is 37.3 Å². The topological polar surface area (TPSA) is 237 Å². The molecular formula is C75H140O17P2. The van der Waals surface area contributed by atoms with E-state index < -0.39 is 97.5 Å². The van der Waals surface area contributed by atoms with Gasteiger partial charge in [0, 0.05) is 25.7 Å². The largest absolute Gasteiger partial charge is 0.472 e. The first kappa shape index (κ1) is 91.3. The van der Waals surface area contributed by atoms with Crippen molar-refractivity contribution in [1.82, 2.24) is 0 Å². The first-order chi connectivity index (χ1) is 45.7. The van der Waals surface area contributed by atoms with Gasteiger partial charge in [-0.05, 0) is 77.0 Å². The minimum Gasteiger partial charge on any atom is -0.462 e. The van der Waals surface area contributed by atoms with E-state index in [9.17, 15) is 43.2 Å². The second-order valence-electron chi connectivity index (χ2n) is 26.0. The van der Waals surface area contributed by atoms with Crippen molar-refractivity contribution in [2.24, 2.45) is 0 Å². The molecule has 0 aromatic heterocycles. The lowest BCUT2D eigenvalue weighted by molar-refractivity contribution is -0.161. The monoisotopic (exact) mass is 1370 g/mol. The molecule has 0 aromatic carbocycles. The highest BCUT2D eigenvalue weighted by Crippen LogP contribution is 2.45. The predicted octanol–water partition coefficient (Wildman–Crippen LogP) is 21.6. The number of aliphatic hydroxyl groups excluding tert-OH is 1. The average Bonchev–Trinajstić information content (AvgIpc) is 1.36. The van der Waals surface area contributed by atoms with Gasteiger partial charge < -0.3 is 33.8 Å². The first-order valence-electron chi connectivity index (χ1n) is 38.2. The minimum absolute atomic E-state index is 0.0915. The van der Waals surface area contributed by atoms with Crippen LogP contribution in [0, 0.1) is 0 Å². The molecule has 0 rings (SSSR count). The van der Waals surface area contributed by atoms with E-state index in [1.807, 2.05) is 0 Å². The summed E-state index contributed by atoms with van der Waals surface area (Å²) in [5, 5.41) is 10.6. The summed E-state index contributed by atoms with van der Waals surface area (Å²) >= 11 is 0. The maximum Gasteiger partial charge on any atom is 0.472 e. The number of allylic oxidation sites excluding steroid dienone is 6. The summed E-state index contributed by atoms with van der Waals surface area (Å²) in [5.74, 6) is -2.16. The molecule has 5 unspecified atom stereocenters. The normalized spacial score (nSPS) is 14.2. The Morgan fingerprint density at radius 2 is 0.532 bits per heavy atom. The smallest absolute Gasteiger partial charge is 0.462 e. The number of rotatable bonds is 73. The maximum atomic E-state index is 13.1. The zero-order chi connectivity index (χ0) is 69.0. The second-order valence-corrected chi connectivity index (χ2v) is 28.9. The minimum atomic E-state index is -4.96. The van der Waals surface area contributed by atoms with Gasteiger partial charge in [0.2, 0.25) is 0 Å². The Kier molecular flexibility index (Phi) is 66.8. The van der Waals surface area contributed by atoms with Crippen molar-refractivity contribution >= 4 is 39.5 Å². The van der Waals surface area contributed by atoms with Crippen LogP contribution in [-0.4, -0.2) is 96.7 Å². The van der Waals surface area contributed by atoms with Crippen LogP contribution in [0.1, 0.15) is 362 Å². The van der Waals surface area contributed by atoms with Gasteiger partial charge >= 0.3 is 39.5 Å². The molecule has 0 amide bonds. The molecule has 0 aliphatic carbocycles. The summed E-state index contributed by atoms with van der Waals surface area (Å²) in [6.07, 6.45) is 62.8. The van der Waals surface area contributed by atoms with E-state index in [2.05, 4.69) is 64.2 Å². The van der Waals surface area contributed by atoms with Crippen LogP contribution in [0.2, 0.25) is 0 Å². The highest BCUT2D eigenvalue weighted by molar-refractivity contribution is 7.47. The molecule has 0 saturated heterocycles. The molecule has 0 fully saturated rings. The lowest BCUT2D eigenvalue weighted by Gasteiger charge is -2.21. The number of hydrogen-bond donors (Lipinski definition) is 3. The van der Waals surface area contributed by atoms with Crippen molar-refractivity contribution in [1.29, 1.82) is 0 Å². The molecule has 0 saturated carbocycles. The maximum absolute atomic E-state index is 13.1. The number of unbranched alkanes of at least 4 members (excludes halogenated alkanes) is 41. The van der Waals surface area contributed by atoms with Gasteiger partial charge in [-0.2, -0.15) is 0 Å². The molecule has 0 aromatic rings. The zero-order valence-electron chi connectivity index (χ0n) is 60.2. The molecule has 0 heterocycles. The van der Waals surface area contributed by atoms with Crippen molar-refractivity contribution in [3.63, 3.8) is 0 Å². The molecule has 0 spiro atoms. The van der Waals surface area contributed by atoms with Crippen LogP contribution >= 0.6 is 15.6 Å². The third-order valence-corrected chi connectivity index (χ3v) is 18.5. The van der Waals surface area contributed by atoms with Crippen molar-refractivity contribution in [3.05, 3.63) is 36.5 Å². The number of aliphatic hydroxyl groups is 1. The summed E-state index contributed by atoms with van der Waals surface area (Å²) < 4.78 is 68.4. The molecule has 0 radical (unpaired) electrons.